The molecule has 0 aliphatic carbocycles. The smallest absolute Gasteiger partial charge is 0.299 e. The van der Waals surface area contributed by atoms with Crippen LogP contribution in [0.15, 0.2) is 0 Å². The van der Waals surface area contributed by atoms with Gasteiger partial charge < -0.3 is 4.43 Å². The number of carbonyl (C=O) groups is 2. The number of rotatable bonds is 3. The molecule has 0 saturated heterocycles. The zero-order valence-corrected chi connectivity index (χ0v) is 7.66. The minimum atomic E-state index is -1.29. The molecule has 0 aromatic heterocycles. The fourth-order valence-corrected chi connectivity index (χ4v) is 1.12. The van der Waals surface area contributed by atoms with Crippen molar-refractivity contribution < 1.29 is 14.0 Å². The average molecular weight is 160 g/mol. The molecule has 0 amide bonds. The Morgan fingerprint density at radius 2 is 1.90 bits per heavy atom. The van der Waals surface area contributed by atoms with Gasteiger partial charge in [-0.25, -0.2) is 0 Å². The first-order chi connectivity index (χ1) is 4.52. The number of ketones is 1. The summed E-state index contributed by atoms with van der Waals surface area (Å²) in [5.41, 5.74) is 0. The molecule has 0 spiro atoms. The second kappa shape index (κ2) is 4.22. The van der Waals surface area contributed by atoms with Gasteiger partial charge in [0.2, 0.25) is 9.04 Å². The standard InChI is InChI=1S/C6H12O3Si/c1-5(7)4-6(8)9-10(2)3/h10H,4H2,1-3H3. The van der Waals surface area contributed by atoms with E-state index < -0.39 is 9.04 Å². The highest BCUT2D eigenvalue weighted by molar-refractivity contribution is 6.50. The van der Waals surface area contributed by atoms with Crippen LogP contribution in [0.4, 0.5) is 0 Å². The van der Waals surface area contributed by atoms with Crippen molar-refractivity contribution in [2.24, 2.45) is 0 Å². The molecule has 58 valence electrons. The highest BCUT2D eigenvalue weighted by Crippen LogP contribution is 1.90. The van der Waals surface area contributed by atoms with Crippen LogP contribution in [0.2, 0.25) is 13.1 Å². The Morgan fingerprint density at radius 3 is 2.20 bits per heavy atom. The van der Waals surface area contributed by atoms with Crippen LogP contribution in [-0.4, -0.2) is 20.8 Å². The van der Waals surface area contributed by atoms with Crippen LogP contribution in [0, 0.1) is 0 Å². The van der Waals surface area contributed by atoms with Crippen LogP contribution in [0.3, 0.4) is 0 Å². The Morgan fingerprint density at radius 1 is 1.40 bits per heavy atom. The van der Waals surface area contributed by atoms with Crippen LogP contribution < -0.4 is 0 Å². The summed E-state index contributed by atoms with van der Waals surface area (Å²) in [5, 5.41) is 0. The lowest BCUT2D eigenvalue weighted by Gasteiger charge is -2.04. The van der Waals surface area contributed by atoms with Crippen molar-refractivity contribution in [3.63, 3.8) is 0 Å². The summed E-state index contributed by atoms with van der Waals surface area (Å²) < 4.78 is 4.84. The van der Waals surface area contributed by atoms with Crippen molar-refractivity contribution in [3.05, 3.63) is 0 Å². The summed E-state index contributed by atoms with van der Waals surface area (Å²) in [7, 11) is -1.29. The first kappa shape index (κ1) is 9.36. The highest BCUT2D eigenvalue weighted by atomic mass is 28.3. The molecule has 0 aliphatic rings. The molecule has 0 rings (SSSR count). The molecular weight excluding hydrogens is 148 g/mol. The van der Waals surface area contributed by atoms with Crippen LogP contribution in [-0.2, 0) is 14.0 Å². The van der Waals surface area contributed by atoms with Crippen molar-refractivity contribution in [2.45, 2.75) is 26.4 Å². The first-order valence-corrected chi connectivity index (χ1v) is 5.99. The van der Waals surface area contributed by atoms with E-state index in [1.807, 2.05) is 13.1 Å². The van der Waals surface area contributed by atoms with Crippen molar-refractivity contribution in [1.82, 2.24) is 0 Å². The van der Waals surface area contributed by atoms with Gasteiger partial charge in [0, 0.05) is 0 Å². The van der Waals surface area contributed by atoms with Crippen LogP contribution in [0.5, 0.6) is 0 Å². The molecule has 0 N–H and O–H groups in total. The van der Waals surface area contributed by atoms with Crippen molar-refractivity contribution >= 4 is 20.8 Å². The van der Waals surface area contributed by atoms with E-state index in [1.54, 1.807) is 0 Å². The molecule has 3 nitrogen and oxygen atoms in total. The van der Waals surface area contributed by atoms with E-state index in [-0.39, 0.29) is 18.2 Å². The van der Waals surface area contributed by atoms with E-state index in [4.69, 9.17) is 4.43 Å². The molecule has 0 unspecified atom stereocenters. The second-order valence-electron chi connectivity index (χ2n) is 2.42. The first-order valence-electron chi connectivity index (χ1n) is 3.21. The Hall–Kier alpha value is -0.643. The molecule has 4 heteroatoms. The van der Waals surface area contributed by atoms with E-state index in [1.165, 1.54) is 6.92 Å². The molecule has 0 heterocycles. The quantitative estimate of drug-likeness (QED) is 0.446. The SMILES string of the molecule is CC(=O)CC(=O)O[SiH](C)C. The molecule has 10 heavy (non-hydrogen) atoms. The topological polar surface area (TPSA) is 43.4 Å². The van der Waals surface area contributed by atoms with E-state index in [2.05, 4.69) is 0 Å². The van der Waals surface area contributed by atoms with Gasteiger partial charge in [-0.1, -0.05) is 0 Å². The van der Waals surface area contributed by atoms with Gasteiger partial charge in [0.05, 0.1) is 0 Å². The van der Waals surface area contributed by atoms with Gasteiger partial charge in [-0.3, -0.25) is 9.59 Å². The molecule has 0 radical (unpaired) electrons. The van der Waals surface area contributed by atoms with Gasteiger partial charge in [0.15, 0.2) is 0 Å². The molecule has 0 aliphatic heterocycles. The molecule has 0 aromatic rings. The van der Waals surface area contributed by atoms with Gasteiger partial charge in [-0.2, -0.15) is 0 Å². The predicted molar refractivity (Wildman–Crippen MR) is 40.3 cm³/mol. The minimum absolute atomic E-state index is 0.0782. The second-order valence-corrected chi connectivity index (χ2v) is 4.75. The van der Waals surface area contributed by atoms with E-state index in [0.29, 0.717) is 0 Å². The third kappa shape index (κ3) is 5.49. The minimum Gasteiger partial charge on any atom is -0.522 e. The summed E-state index contributed by atoms with van der Waals surface area (Å²) in [6.07, 6.45) is -0.0782. The number of Topliss-reactive ketones (excluding diaryl/α,β-unsaturated/α-hetero) is 1. The zero-order valence-electron chi connectivity index (χ0n) is 6.51. The van der Waals surface area contributed by atoms with Crippen LogP contribution >= 0.6 is 0 Å². The molecule has 0 atom stereocenters. The van der Waals surface area contributed by atoms with E-state index in [9.17, 15) is 9.59 Å². The van der Waals surface area contributed by atoms with E-state index in [0.717, 1.165) is 0 Å². The normalized spacial score (nSPS) is 9.60. The van der Waals surface area contributed by atoms with Crippen molar-refractivity contribution in [1.29, 1.82) is 0 Å². The summed E-state index contributed by atoms with van der Waals surface area (Å²) in [4.78, 5) is 21.0. The van der Waals surface area contributed by atoms with Gasteiger partial charge >= 0.3 is 0 Å². The fraction of sp³-hybridized carbons (Fsp3) is 0.667. The predicted octanol–water partition coefficient (Wildman–Crippen LogP) is 0.492. The Kier molecular flexibility index (Phi) is 3.95. The van der Waals surface area contributed by atoms with Gasteiger partial charge in [0.25, 0.3) is 5.97 Å². The monoisotopic (exact) mass is 160 g/mol. The Balaban J connectivity index is 3.54. The Labute approximate surface area is 62.1 Å². The zero-order chi connectivity index (χ0) is 8.15. The highest BCUT2D eigenvalue weighted by Gasteiger charge is 2.07. The summed E-state index contributed by atoms with van der Waals surface area (Å²) in [6, 6.07) is 0. The lowest BCUT2D eigenvalue weighted by molar-refractivity contribution is -0.137. The number of carbonyl (C=O) groups excluding carboxylic acids is 2. The maximum atomic E-state index is 10.7. The number of hydrogen-bond donors (Lipinski definition) is 0. The fourth-order valence-electron chi connectivity index (χ4n) is 0.508. The third-order valence-corrected chi connectivity index (χ3v) is 1.49. The summed E-state index contributed by atoms with van der Waals surface area (Å²) in [5.74, 6) is -0.520. The Bertz CT molecular complexity index is 142. The van der Waals surface area contributed by atoms with Crippen molar-refractivity contribution in [2.75, 3.05) is 0 Å². The summed E-state index contributed by atoms with van der Waals surface area (Å²) in [6.45, 7) is 5.15. The largest absolute Gasteiger partial charge is 0.522 e. The molecular formula is C6H12O3Si. The lowest BCUT2D eigenvalue weighted by atomic mass is 10.3. The third-order valence-electron chi connectivity index (χ3n) is 0.760. The molecule has 0 bridgehead atoms. The maximum Gasteiger partial charge on any atom is 0.299 e. The summed E-state index contributed by atoms with van der Waals surface area (Å²) >= 11 is 0. The lowest BCUT2D eigenvalue weighted by Crippen LogP contribution is -2.16. The van der Waals surface area contributed by atoms with Crippen LogP contribution in [0.25, 0.3) is 0 Å². The molecule has 0 saturated carbocycles. The van der Waals surface area contributed by atoms with Crippen molar-refractivity contribution in [3.8, 4) is 0 Å². The molecule has 0 fully saturated rings. The van der Waals surface area contributed by atoms with Gasteiger partial charge in [0.1, 0.15) is 12.2 Å². The maximum absolute atomic E-state index is 10.7. The van der Waals surface area contributed by atoms with E-state index >= 15 is 0 Å². The molecule has 0 aromatic carbocycles. The number of hydrogen-bond acceptors (Lipinski definition) is 3. The average Bonchev–Trinajstić information content (AvgIpc) is 1.58. The van der Waals surface area contributed by atoms with Gasteiger partial charge in [-0.05, 0) is 20.0 Å². The van der Waals surface area contributed by atoms with Gasteiger partial charge in [-0.15, -0.1) is 0 Å². The van der Waals surface area contributed by atoms with Crippen LogP contribution in [0.1, 0.15) is 13.3 Å².